The van der Waals surface area contributed by atoms with Crippen molar-refractivity contribution in [3.05, 3.63) is 48.3 Å². The van der Waals surface area contributed by atoms with Gasteiger partial charge in [0.2, 0.25) is 5.91 Å². The predicted molar refractivity (Wildman–Crippen MR) is 92.8 cm³/mol. The van der Waals surface area contributed by atoms with Crippen molar-refractivity contribution in [3.8, 4) is 0 Å². The zero-order valence-electron chi connectivity index (χ0n) is 14.4. The maximum Gasteiger partial charge on any atom is 0.252 e. The molecule has 7 nitrogen and oxygen atoms in total. The lowest BCUT2D eigenvalue weighted by Crippen LogP contribution is -2.36. The van der Waals surface area contributed by atoms with Crippen LogP contribution in [0.5, 0.6) is 0 Å². The molecule has 0 bridgehead atoms. The van der Waals surface area contributed by atoms with Crippen molar-refractivity contribution < 1.29 is 4.79 Å². The molecule has 3 aromatic rings. The zero-order valence-corrected chi connectivity index (χ0v) is 14.4. The van der Waals surface area contributed by atoms with Crippen LogP contribution >= 0.6 is 0 Å². The molecule has 0 spiro atoms. The predicted octanol–water partition coefficient (Wildman–Crippen LogP) is 2.15. The molecule has 25 heavy (non-hydrogen) atoms. The smallest absolute Gasteiger partial charge is 0.252 e. The minimum absolute atomic E-state index is 0.0870. The molecule has 0 aliphatic carbocycles. The average molecular weight is 338 g/mol. The van der Waals surface area contributed by atoms with Crippen molar-refractivity contribution in [3.63, 3.8) is 0 Å². The lowest BCUT2D eigenvalue weighted by atomic mass is 10.1. The van der Waals surface area contributed by atoms with Crippen LogP contribution < -0.4 is 0 Å². The van der Waals surface area contributed by atoms with Crippen LogP contribution in [0.1, 0.15) is 43.2 Å². The van der Waals surface area contributed by atoms with Crippen LogP contribution in [0, 0.1) is 0 Å². The Hall–Kier alpha value is -2.70. The molecule has 130 valence electrons. The number of rotatable bonds is 3. The number of carbonyl (C=O) groups excluding carboxylic acids is 1. The molecule has 1 aliphatic rings. The second kappa shape index (κ2) is 6.66. The number of fused-ring (bicyclic) bond motifs is 1. The summed E-state index contributed by atoms with van der Waals surface area (Å²) in [5, 5.41) is 4.37. The first-order valence-corrected chi connectivity index (χ1v) is 8.79. The Kier molecular flexibility index (Phi) is 4.21. The third-order valence-electron chi connectivity index (χ3n) is 4.87. The van der Waals surface area contributed by atoms with Crippen molar-refractivity contribution >= 4 is 11.7 Å². The number of likely N-dealkylation sites (tertiary alicyclic amines) is 1. The fraction of sp³-hybridized carbons (Fsp3) is 0.444. The molecule has 4 heterocycles. The maximum absolute atomic E-state index is 13.0. The Balaban J connectivity index is 1.58. The summed E-state index contributed by atoms with van der Waals surface area (Å²) in [5.41, 5.74) is 1.19. The van der Waals surface area contributed by atoms with Crippen molar-refractivity contribution in [1.29, 1.82) is 0 Å². The number of hydrogen-bond donors (Lipinski definition) is 0. The van der Waals surface area contributed by atoms with Crippen molar-refractivity contribution in [2.75, 3.05) is 6.54 Å². The number of carbonyl (C=O) groups is 1. The summed E-state index contributed by atoms with van der Waals surface area (Å²) in [6.07, 6.45) is 10.1. The van der Waals surface area contributed by atoms with Gasteiger partial charge < -0.3 is 9.47 Å². The standard InChI is InChI=1S/C18H22N6O/c1-22-10-5-8-14(22)15-7-3-2-4-11-23(15)17(25)13-16-20-18-19-9-6-12-24(18)21-16/h5-6,8-10,12,15H,2-4,7,11,13H2,1H3. The van der Waals surface area contributed by atoms with E-state index in [1.807, 2.05) is 24.2 Å². The molecular weight excluding hydrogens is 316 g/mol. The van der Waals surface area contributed by atoms with Gasteiger partial charge in [-0.2, -0.15) is 4.98 Å². The molecule has 0 aromatic carbocycles. The van der Waals surface area contributed by atoms with E-state index in [1.54, 1.807) is 23.0 Å². The number of amides is 1. The molecule has 7 heteroatoms. The lowest BCUT2D eigenvalue weighted by Gasteiger charge is -2.30. The third kappa shape index (κ3) is 3.14. The Bertz CT molecular complexity index is 849. The van der Waals surface area contributed by atoms with Crippen LogP contribution in [0.3, 0.4) is 0 Å². The van der Waals surface area contributed by atoms with E-state index in [9.17, 15) is 4.79 Å². The number of nitrogens with zero attached hydrogens (tertiary/aromatic N) is 6. The molecule has 1 atom stereocenters. The molecule has 0 saturated carbocycles. The monoisotopic (exact) mass is 338 g/mol. The van der Waals surface area contributed by atoms with Gasteiger partial charge in [0, 0.05) is 37.9 Å². The van der Waals surface area contributed by atoms with Crippen LogP contribution in [-0.2, 0) is 18.3 Å². The van der Waals surface area contributed by atoms with E-state index in [2.05, 4.69) is 25.7 Å². The number of aryl methyl sites for hydroxylation is 1. The summed E-state index contributed by atoms with van der Waals surface area (Å²) < 4.78 is 3.73. The molecule has 1 fully saturated rings. The van der Waals surface area contributed by atoms with Gasteiger partial charge in [0.05, 0.1) is 12.5 Å². The van der Waals surface area contributed by atoms with Gasteiger partial charge in [0.25, 0.3) is 5.78 Å². The van der Waals surface area contributed by atoms with Crippen molar-refractivity contribution in [2.24, 2.45) is 7.05 Å². The fourth-order valence-electron chi connectivity index (χ4n) is 3.62. The second-order valence-electron chi connectivity index (χ2n) is 6.57. The summed E-state index contributed by atoms with van der Waals surface area (Å²) in [7, 11) is 2.04. The van der Waals surface area contributed by atoms with Crippen molar-refractivity contribution in [1.82, 2.24) is 29.0 Å². The minimum Gasteiger partial charge on any atom is -0.353 e. The average Bonchev–Trinajstić information content (AvgIpc) is 3.12. The highest BCUT2D eigenvalue weighted by atomic mass is 16.2. The van der Waals surface area contributed by atoms with Crippen LogP contribution in [0.2, 0.25) is 0 Å². The molecule has 1 amide bonds. The fourth-order valence-corrected chi connectivity index (χ4v) is 3.62. The zero-order chi connectivity index (χ0) is 17.2. The summed E-state index contributed by atoms with van der Waals surface area (Å²) in [4.78, 5) is 23.6. The highest BCUT2D eigenvalue weighted by Gasteiger charge is 2.28. The second-order valence-corrected chi connectivity index (χ2v) is 6.57. The lowest BCUT2D eigenvalue weighted by molar-refractivity contribution is -0.133. The third-order valence-corrected chi connectivity index (χ3v) is 4.87. The van der Waals surface area contributed by atoms with Gasteiger partial charge >= 0.3 is 0 Å². The normalized spacial score (nSPS) is 18.4. The Morgan fingerprint density at radius 2 is 2.16 bits per heavy atom. The molecule has 0 N–H and O–H groups in total. The molecule has 4 rings (SSSR count). The van der Waals surface area contributed by atoms with E-state index in [0.717, 1.165) is 25.8 Å². The summed E-state index contributed by atoms with van der Waals surface area (Å²) in [5.74, 6) is 1.14. The van der Waals surface area contributed by atoms with E-state index in [-0.39, 0.29) is 18.4 Å². The van der Waals surface area contributed by atoms with Gasteiger partial charge in [0.15, 0.2) is 5.82 Å². The van der Waals surface area contributed by atoms with Crippen LogP contribution in [0.25, 0.3) is 5.78 Å². The first-order valence-electron chi connectivity index (χ1n) is 8.79. The van der Waals surface area contributed by atoms with Gasteiger partial charge in [0.1, 0.15) is 0 Å². The van der Waals surface area contributed by atoms with E-state index in [0.29, 0.717) is 11.6 Å². The molecule has 1 aliphatic heterocycles. The number of hydrogen-bond acceptors (Lipinski definition) is 4. The van der Waals surface area contributed by atoms with Gasteiger partial charge in [-0.1, -0.05) is 12.8 Å². The Morgan fingerprint density at radius 3 is 2.96 bits per heavy atom. The SMILES string of the molecule is Cn1cccc1C1CCCCCN1C(=O)Cc1nc2ncccn2n1. The topological polar surface area (TPSA) is 68.3 Å². The van der Waals surface area contributed by atoms with Gasteiger partial charge in [-0.25, -0.2) is 9.50 Å². The van der Waals surface area contributed by atoms with Crippen LogP contribution in [0.15, 0.2) is 36.8 Å². The number of aromatic nitrogens is 5. The van der Waals surface area contributed by atoms with E-state index in [1.165, 1.54) is 12.1 Å². The van der Waals surface area contributed by atoms with Gasteiger partial charge in [-0.15, -0.1) is 5.10 Å². The summed E-state index contributed by atoms with van der Waals surface area (Å²) >= 11 is 0. The summed E-state index contributed by atoms with van der Waals surface area (Å²) in [6.45, 7) is 0.792. The molecule has 3 aromatic heterocycles. The molecular formula is C18H22N6O. The first kappa shape index (κ1) is 15.8. The minimum atomic E-state index is 0.0870. The quantitative estimate of drug-likeness (QED) is 0.734. The van der Waals surface area contributed by atoms with Gasteiger partial charge in [-0.3, -0.25) is 4.79 Å². The Labute approximate surface area is 146 Å². The highest BCUT2D eigenvalue weighted by Crippen LogP contribution is 2.30. The van der Waals surface area contributed by atoms with E-state index >= 15 is 0 Å². The largest absolute Gasteiger partial charge is 0.353 e. The van der Waals surface area contributed by atoms with E-state index in [4.69, 9.17) is 0 Å². The van der Waals surface area contributed by atoms with E-state index < -0.39 is 0 Å². The molecule has 1 saturated heterocycles. The highest BCUT2D eigenvalue weighted by molar-refractivity contribution is 5.78. The first-order chi connectivity index (χ1) is 12.2. The molecule has 1 unspecified atom stereocenters. The van der Waals surface area contributed by atoms with Crippen LogP contribution in [-0.4, -0.2) is 41.5 Å². The maximum atomic E-state index is 13.0. The van der Waals surface area contributed by atoms with Crippen LogP contribution in [0.4, 0.5) is 0 Å². The Morgan fingerprint density at radius 1 is 1.24 bits per heavy atom. The van der Waals surface area contributed by atoms with Crippen molar-refractivity contribution in [2.45, 2.75) is 38.1 Å². The molecule has 0 radical (unpaired) electrons. The van der Waals surface area contributed by atoms with Gasteiger partial charge in [-0.05, 0) is 31.0 Å². The summed E-state index contributed by atoms with van der Waals surface area (Å²) in [6, 6.07) is 6.08.